The van der Waals surface area contributed by atoms with Gasteiger partial charge in [-0.05, 0) is 18.6 Å². The monoisotopic (exact) mass is 213 g/mol. The largest absolute Gasteiger partial charge is 0.294 e. The molecule has 0 N–H and O–H groups in total. The van der Waals surface area contributed by atoms with Crippen molar-refractivity contribution in [2.45, 2.75) is 18.4 Å². The number of fused-ring (bicyclic) bond motifs is 1. The molecule has 1 aromatic rings. The van der Waals surface area contributed by atoms with Crippen LogP contribution in [0.5, 0.6) is 0 Å². The number of nitrogens with zero attached hydrogens (tertiary/aromatic N) is 1. The van der Waals surface area contributed by atoms with E-state index in [-0.39, 0.29) is 5.78 Å². The first-order valence-electron chi connectivity index (χ1n) is 3.95. The lowest BCUT2D eigenvalue weighted by Gasteiger charge is -2.02. The first kappa shape index (κ1) is 9.03. The first-order valence-corrected chi connectivity index (χ1v) is 5.48. The van der Waals surface area contributed by atoms with Crippen molar-refractivity contribution in [2.75, 3.05) is 0 Å². The maximum absolute atomic E-state index is 11.1. The van der Waals surface area contributed by atoms with E-state index in [4.69, 9.17) is 11.6 Å². The summed E-state index contributed by atoms with van der Waals surface area (Å²) in [6, 6.07) is 1.87. The molecule has 13 heavy (non-hydrogen) atoms. The van der Waals surface area contributed by atoms with Crippen molar-refractivity contribution in [3.63, 3.8) is 0 Å². The highest BCUT2D eigenvalue weighted by Gasteiger charge is 2.17. The third-order valence-electron chi connectivity index (χ3n) is 2.02. The van der Waals surface area contributed by atoms with Crippen LogP contribution in [0.15, 0.2) is 6.07 Å². The van der Waals surface area contributed by atoms with Gasteiger partial charge in [-0.15, -0.1) is 0 Å². The van der Waals surface area contributed by atoms with Crippen molar-refractivity contribution in [1.29, 1.82) is 0 Å². The van der Waals surface area contributed by atoms with Gasteiger partial charge in [0, 0.05) is 11.5 Å². The highest BCUT2D eigenvalue weighted by atomic mass is 35.5. The van der Waals surface area contributed by atoms with Crippen LogP contribution in [0, 0.1) is 0 Å². The molecule has 0 spiro atoms. The Bertz CT molecular complexity index is 378. The van der Waals surface area contributed by atoms with E-state index in [1.165, 1.54) is 6.92 Å². The Labute approximate surface area is 85.7 Å². The van der Waals surface area contributed by atoms with E-state index in [2.05, 4.69) is 4.98 Å². The van der Waals surface area contributed by atoms with Crippen molar-refractivity contribution in [3.05, 3.63) is 28.0 Å². The lowest BCUT2D eigenvalue weighted by atomic mass is 10.1. The summed E-state index contributed by atoms with van der Waals surface area (Å²) in [6.07, 6.45) is 0. The molecular formula is C9H8ClNOS. The Morgan fingerprint density at radius 1 is 1.62 bits per heavy atom. The molecule has 0 saturated heterocycles. The number of carbonyl (C=O) groups is 1. The van der Waals surface area contributed by atoms with Gasteiger partial charge < -0.3 is 0 Å². The summed E-state index contributed by atoms with van der Waals surface area (Å²) in [7, 11) is 0. The molecule has 2 rings (SSSR count). The van der Waals surface area contributed by atoms with Crippen molar-refractivity contribution < 1.29 is 4.79 Å². The van der Waals surface area contributed by atoms with Crippen LogP contribution in [0.2, 0.25) is 5.15 Å². The zero-order chi connectivity index (χ0) is 9.42. The fourth-order valence-corrected chi connectivity index (χ4v) is 2.63. The SMILES string of the molecule is CC(=O)c1cc2c(nc1Cl)CSC2. The fourth-order valence-electron chi connectivity index (χ4n) is 1.32. The van der Waals surface area contributed by atoms with Crippen molar-refractivity contribution >= 4 is 29.1 Å². The number of rotatable bonds is 1. The standard InChI is InChI=1S/C9H8ClNOS/c1-5(12)7-2-6-3-13-4-8(6)11-9(7)10/h2H,3-4H2,1H3. The molecule has 4 heteroatoms. The normalized spacial score (nSPS) is 14.3. The Hall–Kier alpha value is -0.540. The van der Waals surface area contributed by atoms with Crippen molar-refractivity contribution in [2.24, 2.45) is 0 Å². The lowest BCUT2D eigenvalue weighted by molar-refractivity contribution is 0.101. The summed E-state index contributed by atoms with van der Waals surface area (Å²) in [4.78, 5) is 15.3. The molecule has 2 nitrogen and oxygen atoms in total. The van der Waals surface area contributed by atoms with Crippen LogP contribution in [0.1, 0.15) is 28.5 Å². The van der Waals surface area contributed by atoms with Gasteiger partial charge in [0.1, 0.15) is 5.15 Å². The number of thioether (sulfide) groups is 1. The summed E-state index contributed by atoms with van der Waals surface area (Å²) in [5, 5.41) is 0.341. The second-order valence-electron chi connectivity index (χ2n) is 2.98. The average molecular weight is 214 g/mol. The first-order chi connectivity index (χ1) is 6.18. The predicted octanol–water partition coefficient (Wildman–Crippen LogP) is 2.68. The topological polar surface area (TPSA) is 30.0 Å². The summed E-state index contributed by atoms with van der Waals surface area (Å²) >= 11 is 7.66. The fraction of sp³-hybridized carbons (Fsp3) is 0.333. The molecule has 68 valence electrons. The number of halogens is 1. The summed E-state index contributed by atoms with van der Waals surface area (Å²) in [5.74, 6) is 1.84. The molecule has 0 atom stereocenters. The smallest absolute Gasteiger partial charge is 0.162 e. The van der Waals surface area contributed by atoms with Gasteiger partial charge in [-0.25, -0.2) is 4.98 Å². The Kier molecular flexibility index (Phi) is 2.30. The number of hydrogen-bond acceptors (Lipinski definition) is 3. The van der Waals surface area contributed by atoms with Crippen LogP contribution >= 0.6 is 23.4 Å². The minimum absolute atomic E-state index is 0.0165. The van der Waals surface area contributed by atoms with E-state index in [0.29, 0.717) is 10.7 Å². The Morgan fingerprint density at radius 3 is 3.08 bits per heavy atom. The third-order valence-corrected chi connectivity index (χ3v) is 3.30. The van der Waals surface area contributed by atoms with Gasteiger partial charge in [0.25, 0.3) is 0 Å². The van der Waals surface area contributed by atoms with E-state index in [9.17, 15) is 4.79 Å². The van der Waals surface area contributed by atoms with Gasteiger partial charge in [0.15, 0.2) is 5.78 Å². The Morgan fingerprint density at radius 2 is 2.38 bits per heavy atom. The van der Waals surface area contributed by atoms with Gasteiger partial charge in [-0.2, -0.15) is 11.8 Å². The highest BCUT2D eigenvalue weighted by Crippen LogP contribution is 2.31. The summed E-state index contributed by atoms with van der Waals surface area (Å²) in [5.41, 5.74) is 2.72. The minimum Gasteiger partial charge on any atom is -0.294 e. The predicted molar refractivity (Wildman–Crippen MR) is 54.3 cm³/mol. The zero-order valence-electron chi connectivity index (χ0n) is 7.13. The molecule has 0 amide bonds. The van der Waals surface area contributed by atoms with E-state index in [1.54, 1.807) is 11.8 Å². The zero-order valence-corrected chi connectivity index (χ0v) is 8.71. The molecule has 0 aliphatic carbocycles. The maximum atomic E-state index is 11.1. The van der Waals surface area contributed by atoms with Crippen LogP contribution in [-0.2, 0) is 11.5 Å². The highest BCUT2D eigenvalue weighted by molar-refractivity contribution is 7.98. The van der Waals surface area contributed by atoms with Gasteiger partial charge in [0.2, 0.25) is 0 Å². The van der Waals surface area contributed by atoms with Crippen LogP contribution in [0.3, 0.4) is 0 Å². The molecule has 1 aliphatic rings. The number of carbonyl (C=O) groups excluding carboxylic acids is 1. The second kappa shape index (κ2) is 3.31. The third kappa shape index (κ3) is 1.58. The number of Topliss-reactive ketones (excluding diaryl/α,β-unsaturated/α-hetero) is 1. The van der Waals surface area contributed by atoms with E-state index in [1.807, 2.05) is 6.07 Å². The number of pyridine rings is 1. The van der Waals surface area contributed by atoms with Crippen LogP contribution in [-0.4, -0.2) is 10.8 Å². The van der Waals surface area contributed by atoms with Crippen molar-refractivity contribution in [3.8, 4) is 0 Å². The van der Waals surface area contributed by atoms with Gasteiger partial charge in [-0.3, -0.25) is 4.79 Å². The molecule has 0 fully saturated rings. The molecule has 2 heterocycles. The van der Waals surface area contributed by atoms with Gasteiger partial charge >= 0.3 is 0 Å². The van der Waals surface area contributed by atoms with Crippen molar-refractivity contribution in [1.82, 2.24) is 4.98 Å². The molecule has 1 aromatic heterocycles. The molecule has 1 aliphatic heterocycles. The molecule has 0 bridgehead atoms. The van der Waals surface area contributed by atoms with Crippen LogP contribution in [0.4, 0.5) is 0 Å². The van der Waals surface area contributed by atoms with Gasteiger partial charge in [0.05, 0.1) is 11.3 Å². The maximum Gasteiger partial charge on any atom is 0.162 e. The number of aromatic nitrogens is 1. The van der Waals surface area contributed by atoms with Gasteiger partial charge in [-0.1, -0.05) is 11.6 Å². The number of hydrogen-bond donors (Lipinski definition) is 0. The summed E-state index contributed by atoms with van der Waals surface area (Å²) in [6.45, 7) is 1.51. The van der Waals surface area contributed by atoms with Crippen LogP contribution < -0.4 is 0 Å². The van der Waals surface area contributed by atoms with Crippen LogP contribution in [0.25, 0.3) is 0 Å². The molecule has 0 unspecified atom stereocenters. The average Bonchev–Trinajstić information content (AvgIpc) is 2.48. The molecule has 0 aromatic carbocycles. The summed E-state index contributed by atoms with van der Waals surface area (Å²) < 4.78 is 0. The molecule has 0 saturated carbocycles. The second-order valence-corrected chi connectivity index (χ2v) is 4.33. The Balaban J connectivity index is 2.55. The minimum atomic E-state index is -0.0165. The number of ketones is 1. The van der Waals surface area contributed by atoms with E-state index >= 15 is 0 Å². The molecular weight excluding hydrogens is 206 g/mol. The quantitative estimate of drug-likeness (QED) is 0.531. The lowest BCUT2D eigenvalue weighted by Crippen LogP contribution is -1.99. The van der Waals surface area contributed by atoms with E-state index < -0.39 is 0 Å². The van der Waals surface area contributed by atoms with E-state index in [0.717, 1.165) is 22.8 Å². The molecule has 0 radical (unpaired) electrons.